The van der Waals surface area contributed by atoms with Crippen LogP contribution in [0, 0.1) is 5.92 Å². The number of aromatic nitrogens is 1. The lowest BCUT2D eigenvalue weighted by Crippen LogP contribution is -2.65. The second-order valence-electron chi connectivity index (χ2n) is 35.4. The Bertz CT molecular complexity index is 4710. The predicted octanol–water partition coefficient (Wildman–Crippen LogP) is 1.56. The quantitative estimate of drug-likeness (QED) is 0.0194. The molecular weight excluding hydrogens is 1720 g/mol. The first-order valence-corrected chi connectivity index (χ1v) is 47.2. The molecule has 4 aromatic carbocycles. The zero-order chi connectivity index (χ0) is 96.9. The van der Waals surface area contributed by atoms with Crippen LogP contribution in [0.15, 0.2) is 91.1 Å². The Kier molecular flexibility index (Phi) is 44.4. The number of hydrogen-bond donors (Lipinski definition) is 21. The van der Waals surface area contributed by atoms with Crippen LogP contribution >= 0.6 is 21.6 Å². The van der Waals surface area contributed by atoms with Gasteiger partial charge in [-0.15, -0.1) is 0 Å². The van der Waals surface area contributed by atoms with Crippen molar-refractivity contribution in [3.05, 3.63) is 113 Å². The van der Waals surface area contributed by atoms with Gasteiger partial charge in [-0.2, -0.15) is 0 Å². The number of amides is 15. The number of para-hydroxylation sites is 1. The van der Waals surface area contributed by atoms with Crippen LogP contribution < -0.4 is 108 Å². The van der Waals surface area contributed by atoms with Crippen molar-refractivity contribution in [1.82, 2.24) is 79.4 Å². The van der Waals surface area contributed by atoms with Gasteiger partial charge in [0, 0.05) is 105 Å². The highest BCUT2D eigenvalue weighted by molar-refractivity contribution is 8.77. The summed E-state index contributed by atoms with van der Waals surface area (Å²) in [5.41, 5.74) is 30.6. The van der Waals surface area contributed by atoms with E-state index in [1.807, 2.05) is 61.5 Å². The molecule has 1 saturated heterocycles. The number of unbranched alkanes of at least 4 members (excludes halogenated alkanes) is 3. The number of aliphatic hydroxyl groups excluding tert-OH is 1. The second kappa shape index (κ2) is 53.5. The molecule has 13 atom stereocenters. The van der Waals surface area contributed by atoms with Gasteiger partial charge in [-0.25, -0.2) is 0 Å². The van der Waals surface area contributed by atoms with Crippen LogP contribution in [-0.2, 0) is 97.6 Å². The Balaban J connectivity index is 1.54. The van der Waals surface area contributed by atoms with E-state index >= 15 is 28.8 Å². The fourth-order valence-corrected chi connectivity index (χ4v) is 18.2. The van der Waals surface area contributed by atoms with E-state index in [9.17, 15) is 48.3 Å². The molecule has 37 nitrogen and oxygen atoms in total. The van der Waals surface area contributed by atoms with Crippen molar-refractivity contribution in [2.24, 2.45) is 34.6 Å². The summed E-state index contributed by atoms with van der Waals surface area (Å²) in [6, 6.07) is 8.85. The summed E-state index contributed by atoms with van der Waals surface area (Å²) in [6.07, 6.45) is 2.06. The van der Waals surface area contributed by atoms with Crippen LogP contribution in [0.3, 0.4) is 0 Å². The van der Waals surface area contributed by atoms with E-state index in [4.69, 9.17) is 33.4 Å². The van der Waals surface area contributed by atoms with E-state index in [-0.39, 0.29) is 127 Å². The Hall–Kier alpha value is -11.0. The lowest BCUT2D eigenvalue weighted by atomic mass is 9.91. The van der Waals surface area contributed by atoms with Crippen LogP contribution in [-0.4, -0.2) is 232 Å². The summed E-state index contributed by atoms with van der Waals surface area (Å²) >= 11 is 0. The molecule has 722 valence electrons. The van der Waals surface area contributed by atoms with Gasteiger partial charge in [-0.05, 0) is 183 Å². The Morgan fingerprint density at radius 2 is 1.20 bits per heavy atom. The smallest absolute Gasteiger partial charge is 0.246 e. The topological polar surface area (TPSA) is 600 Å². The molecule has 1 aliphatic rings. The Morgan fingerprint density at radius 3 is 1.82 bits per heavy atom. The summed E-state index contributed by atoms with van der Waals surface area (Å²) in [6.45, 7) is 20.1. The molecule has 26 N–H and O–H groups in total. The standard InChI is InChI=1S/C92H140N20O17S2/c1-13-23-61-26-22-27-67-63(51-101-77(61)67)48-72-83(122)104-68(28-16-20-41-98-55(5)114)81(120)111-79(91(10,11)131-130-90(8,9)78(102-57(7)116)87(126)108-73(50-75(97)118)84(123)110-76(54(4)113)86(125)106-72)88(127)107-70(46-58-31-34-66(35-32-58)129-43-40-95)82(121)105-71(47-59-30-33-60-24-14-15-25-62(60)45-59)85(124)112-92(12,37-18-19-38-93)89(128)109-69(29-17-21-42-99-56(6)115)80(119)103-65(49-74(96)117)52-100-64(36-39-94)44-53(2)3/h14-15,22,24-27,30-35,45,51,53-54,64-65,68-73,76,78-79,100-101,113H,13,16-21,23,28-29,36-44,46-50,52,93-95H2,1-12H3,(H2,96,117)(H2,97,118)(H,98,114)(H,99,115)(H,102,116)(H,103,119)(H,104,122)(H,105,121)(H,106,125)(H,107,127)(H,108,126)(H,109,128)(H,110,123)(H,111,120)(H,112,124)/t54-,64+,65+,68+,69+,70+,71+,72+,73+,76+,78-,79-,92+/m1/s1. The summed E-state index contributed by atoms with van der Waals surface area (Å²) in [4.78, 5) is 221. The van der Waals surface area contributed by atoms with Crippen molar-refractivity contribution in [3.8, 4) is 5.75 Å². The fourth-order valence-electron chi connectivity index (χ4n) is 15.4. The van der Waals surface area contributed by atoms with E-state index in [0.717, 1.165) is 63.2 Å². The average Bonchev–Trinajstić information content (AvgIpc) is 1.79. The first-order chi connectivity index (χ1) is 62.0. The molecule has 0 spiro atoms. The minimum absolute atomic E-state index is 0.0125. The van der Waals surface area contributed by atoms with Crippen LogP contribution in [0.1, 0.15) is 195 Å². The molecule has 2 heterocycles. The minimum Gasteiger partial charge on any atom is -0.492 e. The first kappa shape index (κ1) is 109. The lowest BCUT2D eigenvalue weighted by Gasteiger charge is -2.39. The number of carbonyl (C=O) groups is 15. The number of benzene rings is 4. The fraction of sp³-hybridized carbons (Fsp3) is 0.576. The number of aryl methyl sites for hydroxylation is 1. The number of ether oxygens (including phenoxy) is 1. The van der Waals surface area contributed by atoms with Crippen LogP contribution in [0.5, 0.6) is 5.75 Å². The second-order valence-corrected chi connectivity index (χ2v) is 38.8. The molecule has 1 aliphatic heterocycles. The highest BCUT2D eigenvalue weighted by Crippen LogP contribution is 2.47. The number of fused-ring (bicyclic) bond motifs is 2. The number of nitrogens with one attached hydrogen (secondary N) is 15. The van der Waals surface area contributed by atoms with Crippen LogP contribution in [0.25, 0.3) is 21.7 Å². The number of primary amides is 2. The molecule has 6 rings (SSSR count). The van der Waals surface area contributed by atoms with Gasteiger partial charge in [0.05, 0.1) is 18.6 Å². The van der Waals surface area contributed by atoms with E-state index in [0.29, 0.717) is 66.5 Å². The molecule has 0 saturated carbocycles. The molecule has 0 radical (unpaired) electrons. The third-order valence-electron chi connectivity index (χ3n) is 22.4. The van der Waals surface area contributed by atoms with Gasteiger partial charge in [0.15, 0.2) is 0 Å². The third-order valence-corrected chi connectivity index (χ3v) is 26.7. The number of carbonyl (C=O) groups excluding carboxylic acids is 15. The van der Waals surface area contributed by atoms with Crippen molar-refractivity contribution in [3.63, 3.8) is 0 Å². The lowest BCUT2D eigenvalue weighted by molar-refractivity contribution is -0.138. The third kappa shape index (κ3) is 35.9. The predicted molar refractivity (Wildman–Crippen MR) is 505 cm³/mol. The molecule has 131 heavy (non-hydrogen) atoms. The highest BCUT2D eigenvalue weighted by atomic mass is 33.1. The van der Waals surface area contributed by atoms with Crippen LogP contribution in [0.4, 0.5) is 0 Å². The van der Waals surface area contributed by atoms with Crippen molar-refractivity contribution < 1.29 is 81.8 Å². The van der Waals surface area contributed by atoms with Crippen molar-refractivity contribution >= 4 is 132 Å². The van der Waals surface area contributed by atoms with Crippen LogP contribution in [0.2, 0.25) is 0 Å². The Morgan fingerprint density at radius 1 is 0.580 bits per heavy atom. The van der Waals surface area contributed by atoms with Crippen molar-refractivity contribution in [1.29, 1.82) is 0 Å². The van der Waals surface area contributed by atoms with Gasteiger partial charge in [-0.3, -0.25) is 71.9 Å². The normalized spacial score (nSPS) is 19.3. The SMILES string of the molecule is CCCc1cccc2c(C[C@@H]3NC(=O)[C@H]([C@@H](C)O)NC(=O)[C@H](CC(N)=O)NC(=O)[C@@H](NC(C)=O)C(C)(C)SSC(C)(C)[C@@H](C(=O)N[C@@H](Cc4ccc(OCCN)cc4)C(=O)N[C@@H](Cc4ccc5ccccc5c4)C(=O)N[C@@](C)(CCCCN)C(=O)N[C@@H](CCCCNC(C)=O)C(=O)N[C@H](CN[C@@H](CCN)CC(C)C)CC(N)=O)NC(=O)[C@H](CCCCNC(C)=O)NC3=O)c[nH]c12. The number of aromatic amines is 1. The zero-order valence-electron chi connectivity index (χ0n) is 77.5. The maximum Gasteiger partial charge on any atom is 0.246 e. The summed E-state index contributed by atoms with van der Waals surface area (Å²) in [5, 5.41) is 53.1. The number of hydrogen-bond acceptors (Lipinski definition) is 23. The molecule has 39 heteroatoms. The van der Waals surface area contributed by atoms with Crippen molar-refractivity contribution in [2.75, 3.05) is 45.9 Å². The van der Waals surface area contributed by atoms with E-state index < -0.39 is 165 Å². The molecule has 1 aromatic heterocycles. The largest absolute Gasteiger partial charge is 0.492 e. The molecule has 0 bridgehead atoms. The molecular formula is C92H140N20O17S2. The zero-order valence-corrected chi connectivity index (χ0v) is 79.2. The molecule has 0 unspecified atom stereocenters. The number of aliphatic hydroxyl groups is 1. The van der Waals surface area contributed by atoms with E-state index in [1.165, 1.54) is 27.7 Å². The molecule has 1 fully saturated rings. The minimum atomic E-state index is -1.91. The number of H-pyrrole nitrogens is 1. The Labute approximate surface area is 774 Å². The van der Waals surface area contributed by atoms with Gasteiger partial charge in [0.25, 0.3) is 0 Å². The molecule has 5 aromatic rings. The van der Waals surface area contributed by atoms with Gasteiger partial charge in [0.1, 0.15) is 72.3 Å². The first-order valence-electron chi connectivity index (χ1n) is 45.0. The van der Waals surface area contributed by atoms with Gasteiger partial charge < -0.3 is 118 Å². The maximum absolute atomic E-state index is 16.4. The average molecular weight is 1860 g/mol. The molecule has 0 aliphatic carbocycles. The van der Waals surface area contributed by atoms with Gasteiger partial charge >= 0.3 is 0 Å². The monoisotopic (exact) mass is 1860 g/mol. The van der Waals surface area contributed by atoms with Gasteiger partial charge in [-0.1, -0.05) is 122 Å². The number of nitrogens with two attached hydrogens (primary N) is 5. The van der Waals surface area contributed by atoms with Gasteiger partial charge in [0.2, 0.25) is 88.6 Å². The highest BCUT2D eigenvalue weighted by Gasteiger charge is 2.47. The summed E-state index contributed by atoms with van der Waals surface area (Å²) < 4.78 is 2.65. The van der Waals surface area contributed by atoms with E-state index in [1.54, 1.807) is 64.2 Å². The van der Waals surface area contributed by atoms with E-state index in [2.05, 4.69) is 93.3 Å². The maximum atomic E-state index is 16.4. The number of rotatable bonds is 48. The summed E-state index contributed by atoms with van der Waals surface area (Å²) in [5.74, 6) is -12.3. The summed E-state index contributed by atoms with van der Waals surface area (Å²) in [7, 11) is 1.87. The molecule has 15 amide bonds. The van der Waals surface area contributed by atoms with Crippen molar-refractivity contribution in [2.45, 2.75) is 286 Å².